The number of ketones is 1. The van der Waals surface area contributed by atoms with Crippen molar-refractivity contribution in [1.29, 1.82) is 0 Å². The van der Waals surface area contributed by atoms with Gasteiger partial charge in [0.15, 0.2) is 5.78 Å². The third-order valence-corrected chi connectivity index (χ3v) is 4.02. The van der Waals surface area contributed by atoms with Crippen molar-refractivity contribution in [1.82, 2.24) is 15.4 Å². The standard InChI is InChI=1S/C21H19N3O3/c25-19(16-8-2-1-3-9-16)12-13-20(26)22-23-21(27)17-10-4-5-11-18(17)24-14-6-7-15-24/h1-11,14-15H,12-13H2,(H,22,26)(H,23,27). The summed E-state index contributed by atoms with van der Waals surface area (Å²) in [4.78, 5) is 36.4. The van der Waals surface area contributed by atoms with Crippen molar-refractivity contribution in [3.63, 3.8) is 0 Å². The van der Waals surface area contributed by atoms with Gasteiger partial charge in [-0.15, -0.1) is 0 Å². The number of amides is 2. The number of nitrogens with zero attached hydrogens (tertiary/aromatic N) is 1. The fraction of sp³-hybridized carbons (Fsp3) is 0.0952. The van der Waals surface area contributed by atoms with Gasteiger partial charge in [-0.05, 0) is 24.3 Å². The van der Waals surface area contributed by atoms with Crippen LogP contribution in [0.15, 0.2) is 79.1 Å². The van der Waals surface area contributed by atoms with Gasteiger partial charge in [0.1, 0.15) is 0 Å². The second kappa shape index (κ2) is 8.62. The summed E-state index contributed by atoms with van der Waals surface area (Å²) in [5.74, 6) is -0.969. The van der Waals surface area contributed by atoms with Crippen LogP contribution in [0.5, 0.6) is 0 Å². The minimum Gasteiger partial charge on any atom is -0.323 e. The van der Waals surface area contributed by atoms with E-state index >= 15 is 0 Å². The van der Waals surface area contributed by atoms with E-state index in [0.717, 1.165) is 0 Å². The summed E-state index contributed by atoms with van der Waals surface area (Å²) in [6.45, 7) is 0. The molecule has 6 heteroatoms. The van der Waals surface area contributed by atoms with Crippen LogP contribution in [0.1, 0.15) is 33.6 Å². The van der Waals surface area contributed by atoms with E-state index in [0.29, 0.717) is 16.8 Å². The molecule has 0 saturated heterocycles. The SMILES string of the molecule is O=C(CCC(=O)c1ccccc1)NNC(=O)c1ccccc1-n1cccc1. The Balaban J connectivity index is 1.54. The number of hydrazine groups is 1. The smallest absolute Gasteiger partial charge is 0.271 e. The third-order valence-electron chi connectivity index (χ3n) is 4.02. The Morgan fingerprint density at radius 1 is 0.741 bits per heavy atom. The zero-order valence-electron chi connectivity index (χ0n) is 14.6. The average molecular weight is 361 g/mol. The maximum atomic E-state index is 12.4. The molecule has 2 aromatic carbocycles. The highest BCUT2D eigenvalue weighted by molar-refractivity contribution is 6.00. The van der Waals surface area contributed by atoms with Gasteiger partial charge in [0.25, 0.3) is 5.91 Å². The highest BCUT2D eigenvalue weighted by Gasteiger charge is 2.13. The summed E-state index contributed by atoms with van der Waals surface area (Å²) in [6, 6.07) is 19.6. The molecule has 0 aliphatic carbocycles. The maximum Gasteiger partial charge on any atom is 0.271 e. The van der Waals surface area contributed by atoms with Crippen LogP contribution in [-0.2, 0) is 4.79 Å². The molecule has 136 valence electrons. The second-order valence-electron chi connectivity index (χ2n) is 5.90. The van der Waals surface area contributed by atoms with Crippen LogP contribution in [0.2, 0.25) is 0 Å². The number of carbonyl (C=O) groups excluding carboxylic acids is 3. The molecule has 0 spiro atoms. The van der Waals surface area contributed by atoms with Crippen molar-refractivity contribution in [2.24, 2.45) is 0 Å². The van der Waals surface area contributed by atoms with Crippen molar-refractivity contribution >= 4 is 17.6 Å². The Labute approximate surface area is 156 Å². The first-order valence-electron chi connectivity index (χ1n) is 8.55. The molecule has 0 saturated carbocycles. The van der Waals surface area contributed by atoms with Gasteiger partial charge in [0.2, 0.25) is 5.91 Å². The lowest BCUT2D eigenvalue weighted by Gasteiger charge is -2.11. The molecule has 0 fully saturated rings. The number of Topliss-reactive ketones (excluding diaryl/α,β-unsaturated/α-hetero) is 1. The highest BCUT2D eigenvalue weighted by Crippen LogP contribution is 2.14. The molecule has 27 heavy (non-hydrogen) atoms. The summed E-state index contributed by atoms with van der Waals surface area (Å²) in [5, 5.41) is 0. The van der Waals surface area contributed by atoms with Crippen LogP contribution in [0.25, 0.3) is 5.69 Å². The molecule has 3 aromatic rings. The average Bonchev–Trinajstić information content (AvgIpc) is 3.25. The minimum atomic E-state index is -0.429. The Morgan fingerprint density at radius 3 is 2.15 bits per heavy atom. The summed E-state index contributed by atoms with van der Waals surface area (Å²) >= 11 is 0. The van der Waals surface area contributed by atoms with Crippen molar-refractivity contribution in [3.8, 4) is 5.69 Å². The van der Waals surface area contributed by atoms with Crippen LogP contribution >= 0.6 is 0 Å². The molecule has 0 radical (unpaired) electrons. The summed E-state index contributed by atoms with van der Waals surface area (Å²) in [6.07, 6.45) is 3.73. The highest BCUT2D eigenvalue weighted by atomic mass is 16.2. The molecular weight excluding hydrogens is 342 g/mol. The quantitative estimate of drug-likeness (QED) is 0.523. The largest absolute Gasteiger partial charge is 0.323 e. The van der Waals surface area contributed by atoms with E-state index in [1.54, 1.807) is 36.4 Å². The van der Waals surface area contributed by atoms with Crippen LogP contribution < -0.4 is 10.9 Å². The summed E-state index contributed by atoms with van der Waals surface area (Å²) in [5.41, 5.74) is 6.45. The van der Waals surface area contributed by atoms with Gasteiger partial charge >= 0.3 is 0 Å². The van der Waals surface area contributed by atoms with E-state index in [1.807, 2.05) is 47.3 Å². The first-order valence-corrected chi connectivity index (χ1v) is 8.55. The van der Waals surface area contributed by atoms with Gasteiger partial charge in [-0.1, -0.05) is 42.5 Å². The van der Waals surface area contributed by atoms with Crippen molar-refractivity contribution in [2.75, 3.05) is 0 Å². The Hall–Kier alpha value is -3.67. The molecule has 0 aliphatic rings. The first-order chi connectivity index (χ1) is 13.1. The van der Waals surface area contributed by atoms with Gasteiger partial charge in [0.05, 0.1) is 11.3 Å². The predicted molar refractivity (Wildman–Crippen MR) is 101 cm³/mol. The number of hydrogen-bond donors (Lipinski definition) is 2. The summed E-state index contributed by atoms with van der Waals surface area (Å²) in [7, 11) is 0. The number of hydrogen-bond acceptors (Lipinski definition) is 3. The van der Waals surface area contributed by atoms with Gasteiger partial charge in [-0.2, -0.15) is 0 Å². The Morgan fingerprint density at radius 2 is 1.41 bits per heavy atom. The molecule has 0 atom stereocenters. The molecule has 1 aromatic heterocycles. The number of carbonyl (C=O) groups is 3. The molecule has 3 rings (SSSR count). The van der Waals surface area contributed by atoms with E-state index in [1.165, 1.54) is 0 Å². The fourth-order valence-corrected chi connectivity index (χ4v) is 2.64. The van der Waals surface area contributed by atoms with E-state index in [9.17, 15) is 14.4 Å². The molecule has 2 N–H and O–H groups in total. The molecule has 0 aliphatic heterocycles. The normalized spacial score (nSPS) is 10.2. The van der Waals surface area contributed by atoms with Gasteiger partial charge in [0, 0.05) is 30.8 Å². The molecule has 0 unspecified atom stereocenters. The minimum absolute atomic E-state index is 0.00669. The third kappa shape index (κ3) is 4.70. The van der Waals surface area contributed by atoms with Gasteiger partial charge < -0.3 is 4.57 Å². The van der Waals surface area contributed by atoms with Crippen LogP contribution in [0, 0.1) is 0 Å². The zero-order valence-corrected chi connectivity index (χ0v) is 14.6. The lowest BCUT2D eigenvalue weighted by atomic mass is 10.1. The molecule has 2 amide bonds. The second-order valence-corrected chi connectivity index (χ2v) is 5.90. The number of benzene rings is 2. The zero-order chi connectivity index (χ0) is 19.1. The van der Waals surface area contributed by atoms with Crippen molar-refractivity contribution in [2.45, 2.75) is 12.8 Å². The van der Waals surface area contributed by atoms with Gasteiger partial charge in [-0.25, -0.2) is 0 Å². The van der Waals surface area contributed by atoms with E-state index in [-0.39, 0.29) is 18.6 Å². The molecule has 0 bridgehead atoms. The fourth-order valence-electron chi connectivity index (χ4n) is 2.64. The lowest BCUT2D eigenvalue weighted by Crippen LogP contribution is -2.42. The van der Waals surface area contributed by atoms with Crippen LogP contribution in [0.3, 0.4) is 0 Å². The van der Waals surface area contributed by atoms with Crippen molar-refractivity contribution < 1.29 is 14.4 Å². The van der Waals surface area contributed by atoms with Crippen molar-refractivity contribution in [3.05, 3.63) is 90.3 Å². The Kier molecular flexibility index (Phi) is 5.79. The molecular formula is C21H19N3O3. The predicted octanol–water partition coefficient (Wildman–Crippen LogP) is 2.90. The van der Waals surface area contributed by atoms with Gasteiger partial charge in [-0.3, -0.25) is 25.2 Å². The lowest BCUT2D eigenvalue weighted by molar-refractivity contribution is -0.121. The number of aromatic nitrogens is 1. The summed E-state index contributed by atoms with van der Waals surface area (Å²) < 4.78 is 1.81. The van der Waals surface area contributed by atoms with E-state index < -0.39 is 11.8 Å². The first kappa shape index (κ1) is 18.1. The number of para-hydroxylation sites is 1. The monoisotopic (exact) mass is 361 g/mol. The molecule has 1 heterocycles. The Bertz CT molecular complexity index is 934. The van der Waals surface area contributed by atoms with E-state index in [2.05, 4.69) is 10.9 Å². The number of nitrogens with one attached hydrogen (secondary N) is 2. The van der Waals surface area contributed by atoms with E-state index in [4.69, 9.17) is 0 Å². The maximum absolute atomic E-state index is 12.4. The topological polar surface area (TPSA) is 80.2 Å². The molecule has 6 nitrogen and oxygen atoms in total. The van der Waals surface area contributed by atoms with Crippen LogP contribution in [0.4, 0.5) is 0 Å². The number of rotatable bonds is 6. The van der Waals surface area contributed by atoms with Crippen LogP contribution in [-0.4, -0.2) is 22.2 Å².